The van der Waals surface area contributed by atoms with Crippen LogP contribution in [-0.2, 0) is 6.54 Å². The lowest BCUT2D eigenvalue weighted by molar-refractivity contribution is 0.0857. The van der Waals surface area contributed by atoms with Gasteiger partial charge in [-0.05, 0) is 34.9 Å². The number of thiophene rings is 1. The van der Waals surface area contributed by atoms with Crippen molar-refractivity contribution >= 4 is 22.2 Å². The van der Waals surface area contributed by atoms with E-state index in [4.69, 9.17) is 4.74 Å². The summed E-state index contributed by atoms with van der Waals surface area (Å²) in [4.78, 5) is 5.47. The molecule has 8 heteroatoms. The first-order valence-corrected chi connectivity index (χ1v) is 8.36. The molecule has 0 saturated carbocycles. The van der Waals surface area contributed by atoms with Gasteiger partial charge in [-0.15, -0.1) is 21.5 Å². The normalized spacial score (nSPS) is 12.5. The number of ether oxygens (including phenoxy) is 1. The van der Waals surface area contributed by atoms with Gasteiger partial charge in [-0.25, -0.2) is 0 Å². The molecule has 24 heavy (non-hydrogen) atoms. The number of aromatic nitrogens is 5. The highest BCUT2D eigenvalue weighted by Crippen LogP contribution is 2.24. The highest BCUT2D eigenvalue weighted by Gasteiger charge is 2.12. The molecule has 0 radical (unpaired) electrons. The molecule has 1 atom stereocenters. The van der Waals surface area contributed by atoms with Gasteiger partial charge >= 0.3 is 0 Å². The number of tetrazole rings is 1. The third-order valence-corrected chi connectivity index (χ3v) is 4.42. The van der Waals surface area contributed by atoms with Gasteiger partial charge in [0, 0.05) is 17.1 Å². The fraction of sp³-hybridized carbons (Fsp3) is 0.188. The second-order valence-electron chi connectivity index (χ2n) is 5.31. The fourth-order valence-electron chi connectivity index (χ4n) is 2.43. The molecule has 0 aliphatic rings. The Morgan fingerprint density at radius 2 is 2.21 bits per heavy atom. The Kier molecular flexibility index (Phi) is 3.97. The van der Waals surface area contributed by atoms with Crippen molar-refractivity contribution in [3.05, 3.63) is 48.0 Å². The number of aliphatic hydroxyl groups is 1. The molecule has 3 heterocycles. The zero-order valence-electron chi connectivity index (χ0n) is 12.7. The minimum atomic E-state index is -0.732. The van der Waals surface area contributed by atoms with Gasteiger partial charge in [0.25, 0.3) is 0 Å². The van der Waals surface area contributed by atoms with Gasteiger partial charge < -0.3 is 14.8 Å². The molecular weight excluding hydrogens is 326 g/mol. The number of nitrogens with one attached hydrogen (secondary N) is 1. The van der Waals surface area contributed by atoms with E-state index >= 15 is 0 Å². The summed E-state index contributed by atoms with van der Waals surface area (Å²) in [5.41, 5.74) is 1.00. The molecule has 1 aromatic carbocycles. The highest BCUT2D eigenvalue weighted by molar-refractivity contribution is 7.13. The largest absolute Gasteiger partial charge is 0.490 e. The zero-order chi connectivity index (χ0) is 16.4. The number of fused-ring (bicyclic) bond motifs is 1. The minimum Gasteiger partial charge on any atom is -0.490 e. The first-order valence-electron chi connectivity index (χ1n) is 7.48. The monoisotopic (exact) mass is 341 g/mol. The molecule has 122 valence electrons. The average molecular weight is 341 g/mol. The molecule has 0 spiro atoms. The van der Waals surface area contributed by atoms with Crippen LogP contribution in [0.25, 0.3) is 21.6 Å². The zero-order valence-corrected chi connectivity index (χ0v) is 13.5. The van der Waals surface area contributed by atoms with Crippen LogP contribution in [0.15, 0.2) is 48.0 Å². The summed E-state index contributed by atoms with van der Waals surface area (Å²) < 4.78 is 5.73. The molecular formula is C16H15N5O2S. The lowest BCUT2D eigenvalue weighted by Crippen LogP contribution is -2.25. The van der Waals surface area contributed by atoms with E-state index in [-0.39, 0.29) is 13.2 Å². The van der Waals surface area contributed by atoms with Gasteiger partial charge in [-0.3, -0.25) is 0 Å². The fourth-order valence-corrected chi connectivity index (χ4v) is 3.08. The quantitative estimate of drug-likeness (QED) is 0.562. The summed E-state index contributed by atoms with van der Waals surface area (Å²) in [7, 11) is 0. The number of rotatable bonds is 6. The van der Waals surface area contributed by atoms with E-state index in [9.17, 15) is 5.11 Å². The smallest absolute Gasteiger partial charge is 0.214 e. The predicted octanol–water partition coefficient (Wildman–Crippen LogP) is 2.32. The van der Waals surface area contributed by atoms with Crippen molar-refractivity contribution in [2.75, 3.05) is 6.61 Å². The summed E-state index contributed by atoms with van der Waals surface area (Å²) in [6.45, 7) is 0.377. The van der Waals surface area contributed by atoms with Gasteiger partial charge in [0.1, 0.15) is 18.5 Å². The predicted molar refractivity (Wildman–Crippen MR) is 90.9 cm³/mol. The van der Waals surface area contributed by atoms with Crippen LogP contribution in [-0.4, -0.2) is 43.0 Å². The molecule has 0 bridgehead atoms. The van der Waals surface area contributed by atoms with Crippen LogP contribution in [0.2, 0.25) is 0 Å². The lowest BCUT2D eigenvalue weighted by Gasteiger charge is -2.12. The van der Waals surface area contributed by atoms with Crippen molar-refractivity contribution in [3.63, 3.8) is 0 Å². The number of H-pyrrole nitrogens is 1. The molecule has 0 aliphatic heterocycles. The van der Waals surface area contributed by atoms with E-state index in [0.29, 0.717) is 5.82 Å². The van der Waals surface area contributed by atoms with Gasteiger partial charge in [0.05, 0.1) is 11.4 Å². The van der Waals surface area contributed by atoms with Gasteiger partial charge in [-0.1, -0.05) is 12.1 Å². The first-order chi connectivity index (χ1) is 11.8. The van der Waals surface area contributed by atoms with Crippen LogP contribution in [0.1, 0.15) is 0 Å². The molecule has 3 aromatic heterocycles. The Balaban J connectivity index is 1.38. The maximum absolute atomic E-state index is 10.2. The second kappa shape index (κ2) is 6.42. The molecule has 1 unspecified atom stereocenters. The molecule has 4 aromatic rings. The number of hydrogen-bond acceptors (Lipinski definition) is 6. The summed E-state index contributed by atoms with van der Waals surface area (Å²) >= 11 is 1.55. The molecule has 0 amide bonds. The topological polar surface area (TPSA) is 88.9 Å². The molecule has 0 saturated heterocycles. The Bertz CT molecular complexity index is 931. The SMILES string of the molecule is OC(COc1cccc2[nH]ccc12)Cn1nnc(-c2cccs2)n1. The number of hydrogen-bond donors (Lipinski definition) is 2. The van der Waals surface area contributed by atoms with Crippen LogP contribution in [0, 0.1) is 0 Å². The van der Waals surface area contributed by atoms with E-state index in [1.165, 1.54) is 4.80 Å². The van der Waals surface area contributed by atoms with Crippen molar-refractivity contribution in [2.45, 2.75) is 12.6 Å². The molecule has 4 rings (SSSR count). The van der Waals surface area contributed by atoms with E-state index in [2.05, 4.69) is 20.4 Å². The molecule has 7 nitrogen and oxygen atoms in total. The van der Waals surface area contributed by atoms with Gasteiger partial charge in [-0.2, -0.15) is 4.80 Å². The van der Waals surface area contributed by atoms with Gasteiger partial charge in [0.15, 0.2) is 0 Å². The van der Waals surface area contributed by atoms with Crippen molar-refractivity contribution in [1.82, 2.24) is 25.2 Å². The highest BCUT2D eigenvalue weighted by atomic mass is 32.1. The van der Waals surface area contributed by atoms with E-state index in [1.807, 2.05) is 48.0 Å². The van der Waals surface area contributed by atoms with E-state index in [0.717, 1.165) is 21.5 Å². The Morgan fingerprint density at radius 3 is 3.08 bits per heavy atom. The standard InChI is InChI=1S/C16H15N5O2S/c22-11(9-21-19-16(18-20-21)15-5-2-8-24-15)10-23-14-4-1-3-13-12(14)6-7-17-13/h1-8,11,17,22H,9-10H2. The first kappa shape index (κ1) is 14.9. The van der Waals surface area contributed by atoms with Crippen LogP contribution in [0.4, 0.5) is 0 Å². The Labute approximate surface area is 141 Å². The van der Waals surface area contributed by atoms with Crippen LogP contribution < -0.4 is 4.74 Å². The number of benzene rings is 1. The maximum atomic E-state index is 10.2. The Hall–Kier alpha value is -2.71. The van der Waals surface area contributed by atoms with Crippen molar-refractivity contribution in [3.8, 4) is 16.5 Å². The van der Waals surface area contributed by atoms with Crippen LogP contribution >= 0.6 is 11.3 Å². The second-order valence-corrected chi connectivity index (χ2v) is 6.25. The van der Waals surface area contributed by atoms with Crippen molar-refractivity contribution in [1.29, 1.82) is 0 Å². The van der Waals surface area contributed by atoms with Crippen molar-refractivity contribution in [2.24, 2.45) is 0 Å². The van der Waals surface area contributed by atoms with Crippen molar-refractivity contribution < 1.29 is 9.84 Å². The summed E-state index contributed by atoms with van der Waals surface area (Å²) in [5, 5.41) is 25.4. The number of aromatic amines is 1. The molecule has 2 N–H and O–H groups in total. The Morgan fingerprint density at radius 1 is 1.25 bits per heavy atom. The summed E-state index contributed by atoms with van der Waals surface area (Å²) in [6, 6.07) is 11.6. The van der Waals surface area contributed by atoms with E-state index in [1.54, 1.807) is 11.3 Å². The van der Waals surface area contributed by atoms with Crippen LogP contribution in [0.5, 0.6) is 5.75 Å². The van der Waals surface area contributed by atoms with Gasteiger partial charge in [0.2, 0.25) is 5.82 Å². The third-order valence-electron chi connectivity index (χ3n) is 3.55. The lowest BCUT2D eigenvalue weighted by atomic mass is 10.2. The summed E-state index contributed by atoms with van der Waals surface area (Å²) in [6.07, 6.45) is 1.13. The maximum Gasteiger partial charge on any atom is 0.214 e. The molecule has 0 aliphatic carbocycles. The average Bonchev–Trinajstić information content (AvgIpc) is 3.32. The minimum absolute atomic E-state index is 0.153. The van der Waals surface area contributed by atoms with Crippen LogP contribution in [0.3, 0.4) is 0 Å². The third kappa shape index (κ3) is 3.01. The number of nitrogens with zero attached hydrogens (tertiary/aromatic N) is 4. The molecule has 0 fully saturated rings. The number of aliphatic hydroxyl groups excluding tert-OH is 1. The van der Waals surface area contributed by atoms with E-state index < -0.39 is 6.10 Å². The summed E-state index contributed by atoms with van der Waals surface area (Å²) in [5.74, 6) is 1.30.